The van der Waals surface area contributed by atoms with Crippen LogP contribution in [-0.4, -0.2) is 24.0 Å². The van der Waals surface area contributed by atoms with Gasteiger partial charge in [0, 0.05) is 28.8 Å². The minimum atomic E-state index is -0.822. The Labute approximate surface area is 142 Å². The first-order chi connectivity index (χ1) is 10.9. The van der Waals surface area contributed by atoms with Crippen molar-refractivity contribution in [3.63, 3.8) is 0 Å². The number of nitrogens with one attached hydrogen (secondary N) is 2. The maximum Gasteiger partial charge on any atom is 0.252 e. The molecule has 0 unspecified atom stereocenters. The Bertz CT molecular complexity index is 721. The Morgan fingerprint density at radius 1 is 1.17 bits per heavy atom. The summed E-state index contributed by atoms with van der Waals surface area (Å²) in [6.45, 7) is 0.619. The van der Waals surface area contributed by atoms with Crippen molar-refractivity contribution in [2.45, 2.75) is 0 Å². The normalized spacial score (nSPS) is 10.4. The lowest BCUT2D eigenvalue weighted by atomic mass is 10.2. The highest BCUT2D eigenvalue weighted by atomic mass is 35.5. The van der Waals surface area contributed by atoms with Crippen LogP contribution >= 0.6 is 23.2 Å². The summed E-state index contributed by atoms with van der Waals surface area (Å²) < 4.78 is 13.9. The number of amides is 1. The molecule has 0 aliphatic rings. The van der Waals surface area contributed by atoms with Crippen molar-refractivity contribution in [1.29, 1.82) is 0 Å². The van der Waals surface area contributed by atoms with Gasteiger partial charge in [0.25, 0.3) is 5.91 Å². The summed E-state index contributed by atoms with van der Waals surface area (Å²) in [7, 11) is 0. The van der Waals surface area contributed by atoms with Gasteiger partial charge in [-0.3, -0.25) is 4.79 Å². The number of primary amides is 1. The van der Waals surface area contributed by atoms with E-state index < -0.39 is 11.7 Å². The van der Waals surface area contributed by atoms with Crippen molar-refractivity contribution in [3.05, 3.63) is 45.7 Å². The quantitative estimate of drug-likeness (QED) is 0.635. The molecule has 9 heteroatoms. The topological polar surface area (TPSA) is 106 Å². The first kappa shape index (κ1) is 17.3. The van der Waals surface area contributed by atoms with Gasteiger partial charge in [-0.25, -0.2) is 9.37 Å². The first-order valence-corrected chi connectivity index (χ1v) is 7.33. The van der Waals surface area contributed by atoms with Gasteiger partial charge < -0.3 is 22.1 Å². The number of aromatic nitrogens is 1. The summed E-state index contributed by atoms with van der Waals surface area (Å²) in [6.07, 6.45) is 0. The van der Waals surface area contributed by atoms with Crippen molar-refractivity contribution in [2.75, 3.05) is 23.7 Å². The Kier molecular flexibility index (Phi) is 5.59. The number of nitrogens with two attached hydrogens (primary N) is 2. The number of hydrogen-bond donors (Lipinski definition) is 4. The number of nitrogens with zero attached hydrogens (tertiary/aromatic N) is 1. The van der Waals surface area contributed by atoms with E-state index in [1.807, 2.05) is 0 Å². The summed E-state index contributed by atoms with van der Waals surface area (Å²) in [5.41, 5.74) is 11.0. The highest BCUT2D eigenvalue weighted by Gasteiger charge is 2.16. The van der Waals surface area contributed by atoms with Gasteiger partial charge in [0.15, 0.2) is 11.6 Å². The molecular weight excluding hydrogens is 344 g/mol. The van der Waals surface area contributed by atoms with E-state index in [0.717, 1.165) is 6.07 Å². The maximum absolute atomic E-state index is 13.9. The molecule has 0 saturated carbocycles. The van der Waals surface area contributed by atoms with Crippen LogP contribution in [0.1, 0.15) is 10.4 Å². The molecule has 0 radical (unpaired) electrons. The third kappa shape index (κ3) is 4.44. The van der Waals surface area contributed by atoms with E-state index in [4.69, 9.17) is 34.7 Å². The standard InChI is InChI=1S/C14H14Cl2FN5O/c15-7-3-8(16)5-9(4-7)21-13-10(12(19)23)6-11(17)14(22-13)20-2-1-18/h3-6H,1-2,18H2,(H2,19,23)(H2,20,21,22). The molecule has 6 N–H and O–H groups in total. The second-order valence-electron chi connectivity index (χ2n) is 4.58. The van der Waals surface area contributed by atoms with Crippen LogP contribution in [0.15, 0.2) is 24.3 Å². The number of halogens is 3. The zero-order chi connectivity index (χ0) is 17.0. The van der Waals surface area contributed by atoms with Gasteiger partial charge in [-0.2, -0.15) is 0 Å². The predicted octanol–water partition coefficient (Wildman–Crippen LogP) is 2.74. The van der Waals surface area contributed by atoms with Gasteiger partial charge in [-0.05, 0) is 24.3 Å². The molecule has 0 spiro atoms. The second-order valence-corrected chi connectivity index (χ2v) is 5.45. The molecule has 23 heavy (non-hydrogen) atoms. The lowest BCUT2D eigenvalue weighted by Crippen LogP contribution is -2.18. The molecule has 0 saturated heterocycles. The first-order valence-electron chi connectivity index (χ1n) is 6.58. The fourth-order valence-electron chi connectivity index (χ4n) is 1.85. The van der Waals surface area contributed by atoms with Crippen LogP contribution in [0.4, 0.5) is 21.7 Å². The molecule has 0 aliphatic carbocycles. The molecule has 2 aromatic rings. The molecule has 0 aliphatic heterocycles. The fraction of sp³-hybridized carbons (Fsp3) is 0.143. The van der Waals surface area contributed by atoms with Gasteiger partial charge in [0.1, 0.15) is 5.82 Å². The van der Waals surface area contributed by atoms with Gasteiger partial charge in [-0.1, -0.05) is 23.2 Å². The molecule has 0 bridgehead atoms. The van der Waals surface area contributed by atoms with Crippen molar-refractivity contribution in [3.8, 4) is 0 Å². The van der Waals surface area contributed by atoms with E-state index in [1.54, 1.807) is 18.2 Å². The second kappa shape index (κ2) is 7.45. The minimum Gasteiger partial charge on any atom is -0.366 e. The van der Waals surface area contributed by atoms with Gasteiger partial charge in [0.2, 0.25) is 0 Å². The van der Waals surface area contributed by atoms with Crippen LogP contribution < -0.4 is 22.1 Å². The van der Waals surface area contributed by atoms with Crippen molar-refractivity contribution >= 4 is 46.4 Å². The van der Waals surface area contributed by atoms with E-state index in [-0.39, 0.29) is 17.2 Å². The Morgan fingerprint density at radius 3 is 2.39 bits per heavy atom. The third-order valence-electron chi connectivity index (χ3n) is 2.80. The van der Waals surface area contributed by atoms with Crippen LogP contribution in [0.25, 0.3) is 0 Å². The van der Waals surface area contributed by atoms with Crippen molar-refractivity contribution in [1.82, 2.24) is 4.98 Å². The number of rotatable bonds is 6. The van der Waals surface area contributed by atoms with E-state index in [9.17, 15) is 9.18 Å². The van der Waals surface area contributed by atoms with E-state index in [0.29, 0.717) is 28.8 Å². The molecule has 1 heterocycles. The Morgan fingerprint density at radius 2 is 1.83 bits per heavy atom. The lowest BCUT2D eigenvalue weighted by Gasteiger charge is -2.13. The third-order valence-corrected chi connectivity index (χ3v) is 3.24. The monoisotopic (exact) mass is 357 g/mol. The molecule has 6 nitrogen and oxygen atoms in total. The fourth-order valence-corrected chi connectivity index (χ4v) is 2.38. The summed E-state index contributed by atoms with van der Waals surface area (Å²) >= 11 is 11.8. The van der Waals surface area contributed by atoms with Crippen LogP contribution in [0.2, 0.25) is 10.0 Å². The number of carbonyl (C=O) groups excluding carboxylic acids is 1. The largest absolute Gasteiger partial charge is 0.366 e. The Hall–Kier alpha value is -2.09. The average Bonchev–Trinajstić information content (AvgIpc) is 2.46. The zero-order valence-corrected chi connectivity index (χ0v) is 13.4. The number of carbonyl (C=O) groups is 1. The number of benzene rings is 1. The van der Waals surface area contributed by atoms with E-state index >= 15 is 0 Å². The number of hydrogen-bond acceptors (Lipinski definition) is 5. The molecule has 122 valence electrons. The van der Waals surface area contributed by atoms with Crippen LogP contribution in [-0.2, 0) is 0 Å². The highest BCUT2D eigenvalue weighted by Crippen LogP contribution is 2.27. The smallest absolute Gasteiger partial charge is 0.252 e. The summed E-state index contributed by atoms with van der Waals surface area (Å²) in [5, 5.41) is 6.37. The Balaban J connectivity index is 2.43. The molecule has 0 atom stereocenters. The average molecular weight is 358 g/mol. The molecule has 0 fully saturated rings. The van der Waals surface area contributed by atoms with Gasteiger partial charge in [-0.15, -0.1) is 0 Å². The van der Waals surface area contributed by atoms with Gasteiger partial charge >= 0.3 is 0 Å². The molecule has 2 rings (SSSR count). The van der Waals surface area contributed by atoms with Crippen molar-refractivity contribution < 1.29 is 9.18 Å². The van der Waals surface area contributed by atoms with E-state index in [1.165, 1.54) is 0 Å². The molecule has 1 aromatic carbocycles. The number of anilines is 3. The minimum absolute atomic E-state index is 0.0453. The lowest BCUT2D eigenvalue weighted by molar-refractivity contribution is 0.100. The predicted molar refractivity (Wildman–Crippen MR) is 90.0 cm³/mol. The SMILES string of the molecule is NCCNc1nc(Nc2cc(Cl)cc(Cl)c2)c(C(N)=O)cc1F. The van der Waals surface area contributed by atoms with Crippen LogP contribution in [0.5, 0.6) is 0 Å². The maximum atomic E-state index is 13.9. The van der Waals surface area contributed by atoms with Crippen LogP contribution in [0.3, 0.4) is 0 Å². The number of pyridine rings is 1. The highest BCUT2D eigenvalue weighted by molar-refractivity contribution is 6.35. The van der Waals surface area contributed by atoms with Crippen molar-refractivity contribution in [2.24, 2.45) is 11.5 Å². The summed E-state index contributed by atoms with van der Waals surface area (Å²) in [4.78, 5) is 15.6. The zero-order valence-electron chi connectivity index (χ0n) is 11.9. The molecule has 1 aromatic heterocycles. The van der Waals surface area contributed by atoms with E-state index in [2.05, 4.69) is 15.6 Å². The van der Waals surface area contributed by atoms with Gasteiger partial charge in [0.05, 0.1) is 5.56 Å². The molecule has 1 amide bonds. The molecular formula is C14H14Cl2FN5O. The summed E-state index contributed by atoms with van der Waals surface area (Å²) in [5.74, 6) is -1.49. The summed E-state index contributed by atoms with van der Waals surface area (Å²) in [6, 6.07) is 5.71. The van der Waals surface area contributed by atoms with Crippen LogP contribution in [0, 0.1) is 5.82 Å².